The molecular formula is C9H16N4O2. The molecule has 0 aromatic carbocycles. The number of carbonyl (C=O) groups is 1. The van der Waals surface area contributed by atoms with Gasteiger partial charge in [-0.05, 0) is 13.8 Å². The first-order valence-electron chi connectivity index (χ1n) is 4.91. The number of hydrogen-bond acceptors (Lipinski definition) is 5. The summed E-state index contributed by atoms with van der Waals surface area (Å²) in [6.45, 7) is 5.83. The van der Waals surface area contributed by atoms with E-state index in [2.05, 4.69) is 15.2 Å². The molecule has 3 N–H and O–H groups in total. The van der Waals surface area contributed by atoms with Gasteiger partial charge in [-0.25, -0.2) is 9.78 Å². The van der Waals surface area contributed by atoms with Gasteiger partial charge in [-0.15, -0.1) is 5.10 Å². The largest absolute Gasteiger partial charge is 0.460 e. The smallest absolute Gasteiger partial charge is 0.378 e. The van der Waals surface area contributed by atoms with Crippen molar-refractivity contribution in [1.29, 1.82) is 0 Å². The van der Waals surface area contributed by atoms with Crippen LogP contribution in [0.15, 0.2) is 0 Å². The summed E-state index contributed by atoms with van der Waals surface area (Å²) in [4.78, 5) is 15.3. The van der Waals surface area contributed by atoms with Crippen LogP contribution in [0, 0.1) is 0 Å². The van der Waals surface area contributed by atoms with E-state index in [1.807, 2.05) is 13.8 Å². The molecule has 0 aliphatic rings. The van der Waals surface area contributed by atoms with Gasteiger partial charge in [-0.3, -0.25) is 5.10 Å². The Hall–Kier alpha value is -1.43. The number of H-pyrrole nitrogens is 1. The molecule has 2 unspecified atom stereocenters. The van der Waals surface area contributed by atoms with Crippen LogP contribution in [-0.2, 0) is 4.74 Å². The lowest BCUT2D eigenvalue weighted by Crippen LogP contribution is -2.23. The molecule has 6 nitrogen and oxygen atoms in total. The highest BCUT2D eigenvalue weighted by molar-refractivity contribution is 5.84. The SMILES string of the molecule is CCOC(=O)c1n[nH]c(C(C)C(C)N)n1. The van der Waals surface area contributed by atoms with Crippen molar-refractivity contribution >= 4 is 5.97 Å². The standard InChI is InChI=1S/C9H16N4O2/c1-4-15-9(14)8-11-7(12-13-8)5(2)6(3)10/h5-6H,4,10H2,1-3H3,(H,11,12,13). The summed E-state index contributed by atoms with van der Waals surface area (Å²) in [5, 5.41) is 6.46. The molecule has 2 atom stereocenters. The number of nitrogens with zero attached hydrogens (tertiary/aromatic N) is 2. The summed E-state index contributed by atoms with van der Waals surface area (Å²) in [7, 11) is 0. The van der Waals surface area contributed by atoms with Crippen LogP contribution < -0.4 is 5.73 Å². The molecule has 0 aliphatic heterocycles. The van der Waals surface area contributed by atoms with Crippen LogP contribution in [0.3, 0.4) is 0 Å². The number of rotatable bonds is 4. The van der Waals surface area contributed by atoms with Crippen molar-refractivity contribution in [3.63, 3.8) is 0 Å². The monoisotopic (exact) mass is 212 g/mol. The second-order valence-electron chi connectivity index (χ2n) is 3.41. The Morgan fingerprint density at radius 2 is 2.27 bits per heavy atom. The van der Waals surface area contributed by atoms with Crippen molar-refractivity contribution in [3.8, 4) is 0 Å². The molecule has 0 spiro atoms. The van der Waals surface area contributed by atoms with Crippen molar-refractivity contribution in [2.45, 2.75) is 32.7 Å². The van der Waals surface area contributed by atoms with Gasteiger partial charge in [0.25, 0.3) is 5.82 Å². The Morgan fingerprint density at radius 3 is 2.80 bits per heavy atom. The number of nitrogens with one attached hydrogen (secondary N) is 1. The van der Waals surface area contributed by atoms with Crippen LogP contribution in [0.4, 0.5) is 0 Å². The Kier molecular flexibility index (Phi) is 3.79. The first-order valence-corrected chi connectivity index (χ1v) is 4.91. The zero-order valence-electron chi connectivity index (χ0n) is 9.15. The summed E-state index contributed by atoms with van der Waals surface area (Å²) in [5.41, 5.74) is 5.71. The van der Waals surface area contributed by atoms with Gasteiger partial charge in [-0.1, -0.05) is 6.92 Å². The highest BCUT2D eigenvalue weighted by Crippen LogP contribution is 2.12. The van der Waals surface area contributed by atoms with Gasteiger partial charge < -0.3 is 10.5 Å². The summed E-state index contributed by atoms with van der Waals surface area (Å²) in [5.74, 6) is 0.171. The second-order valence-corrected chi connectivity index (χ2v) is 3.41. The molecule has 1 aromatic heterocycles. The number of hydrogen-bond donors (Lipinski definition) is 2. The lowest BCUT2D eigenvalue weighted by Gasteiger charge is -2.10. The van der Waals surface area contributed by atoms with E-state index < -0.39 is 5.97 Å². The summed E-state index contributed by atoms with van der Waals surface area (Å²) < 4.78 is 4.77. The van der Waals surface area contributed by atoms with Gasteiger partial charge in [0.05, 0.1) is 6.61 Å². The van der Waals surface area contributed by atoms with Crippen LogP contribution in [0.1, 0.15) is 43.1 Å². The molecule has 1 heterocycles. The van der Waals surface area contributed by atoms with Crippen molar-refractivity contribution < 1.29 is 9.53 Å². The molecule has 1 rings (SSSR count). The third-order valence-corrected chi connectivity index (χ3v) is 2.18. The molecule has 0 radical (unpaired) electrons. The molecule has 6 heteroatoms. The van der Waals surface area contributed by atoms with Gasteiger partial charge in [0.2, 0.25) is 0 Å². The first kappa shape index (κ1) is 11.6. The van der Waals surface area contributed by atoms with E-state index in [9.17, 15) is 4.79 Å². The average Bonchev–Trinajstić information content (AvgIpc) is 2.65. The molecule has 1 aromatic rings. The maximum atomic E-state index is 11.3. The quantitative estimate of drug-likeness (QED) is 0.706. The van der Waals surface area contributed by atoms with Crippen molar-refractivity contribution in [1.82, 2.24) is 15.2 Å². The highest BCUT2D eigenvalue weighted by Gasteiger charge is 2.18. The van der Waals surface area contributed by atoms with Crippen molar-refractivity contribution in [2.24, 2.45) is 5.73 Å². The Bertz CT molecular complexity index is 335. The van der Waals surface area contributed by atoms with E-state index >= 15 is 0 Å². The fourth-order valence-corrected chi connectivity index (χ4v) is 1.01. The van der Waals surface area contributed by atoms with Gasteiger partial charge in [-0.2, -0.15) is 0 Å². The van der Waals surface area contributed by atoms with Crippen molar-refractivity contribution in [2.75, 3.05) is 6.61 Å². The maximum Gasteiger partial charge on any atom is 0.378 e. The summed E-state index contributed by atoms with van der Waals surface area (Å²) >= 11 is 0. The molecule has 0 fully saturated rings. The topological polar surface area (TPSA) is 93.9 Å². The normalized spacial score (nSPS) is 14.7. The lowest BCUT2D eigenvalue weighted by molar-refractivity contribution is 0.0512. The number of nitrogens with two attached hydrogens (primary N) is 1. The third-order valence-electron chi connectivity index (χ3n) is 2.18. The van der Waals surface area contributed by atoms with E-state index in [1.54, 1.807) is 6.92 Å². The minimum Gasteiger partial charge on any atom is -0.460 e. The molecule has 0 aliphatic carbocycles. The second kappa shape index (κ2) is 4.88. The molecule has 0 saturated carbocycles. The third kappa shape index (κ3) is 2.76. The van der Waals surface area contributed by atoms with Gasteiger partial charge in [0.15, 0.2) is 0 Å². The van der Waals surface area contributed by atoms with Crippen LogP contribution in [0.5, 0.6) is 0 Å². The van der Waals surface area contributed by atoms with Gasteiger partial charge in [0.1, 0.15) is 5.82 Å². The fraction of sp³-hybridized carbons (Fsp3) is 0.667. The zero-order valence-corrected chi connectivity index (χ0v) is 9.15. The Morgan fingerprint density at radius 1 is 1.60 bits per heavy atom. The minimum absolute atomic E-state index is 0.0284. The Labute approximate surface area is 88.2 Å². The van der Waals surface area contributed by atoms with E-state index in [0.717, 1.165) is 0 Å². The molecule has 0 amide bonds. The van der Waals surface area contributed by atoms with E-state index in [0.29, 0.717) is 12.4 Å². The molecule has 15 heavy (non-hydrogen) atoms. The predicted molar refractivity (Wildman–Crippen MR) is 54.4 cm³/mol. The fourth-order valence-electron chi connectivity index (χ4n) is 1.01. The van der Waals surface area contributed by atoms with E-state index in [-0.39, 0.29) is 17.8 Å². The van der Waals surface area contributed by atoms with Crippen molar-refractivity contribution in [3.05, 3.63) is 11.6 Å². The first-order chi connectivity index (χ1) is 7.06. The van der Waals surface area contributed by atoms with E-state index in [4.69, 9.17) is 10.5 Å². The number of aromatic nitrogens is 3. The molecule has 0 bridgehead atoms. The number of aromatic amines is 1. The zero-order chi connectivity index (χ0) is 11.4. The van der Waals surface area contributed by atoms with Gasteiger partial charge in [0, 0.05) is 12.0 Å². The van der Waals surface area contributed by atoms with Crippen LogP contribution in [-0.4, -0.2) is 33.8 Å². The van der Waals surface area contributed by atoms with E-state index in [1.165, 1.54) is 0 Å². The maximum absolute atomic E-state index is 11.3. The summed E-state index contributed by atoms with van der Waals surface area (Å²) in [6.07, 6.45) is 0. The minimum atomic E-state index is -0.517. The molecular weight excluding hydrogens is 196 g/mol. The molecule has 84 valence electrons. The highest BCUT2D eigenvalue weighted by atomic mass is 16.5. The van der Waals surface area contributed by atoms with Gasteiger partial charge >= 0.3 is 5.97 Å². The Balaban J connectivity index is 2.76. The van der Waals surface area contributed by atoms with Crippen LogP contribution >= 0.6 is 0 Å². The predicted octanol–water partition coefficient (Wildman–Crippen LogP) is 0.432. The van der Waals surface area contributed by atoms with Crippen LogP contribution in [0.25, 0.3) is 0 Å². The average molecular weight is 212 g/mol. The summed E-state index contributed by atoms with van der Waals surface area (Å²) in [6, 6.07) is -0.0482. The number of esters is 1. The lowest BCUT2D eigenvalue weighted by atomic mass is 10.0. The molecule has 0 saturated heterocycles. The number of ether oxygens (including phenoxy) is 1. The number of carbonyl (C=O) groups excluding carboxylic acids is 1. The van der Waals surface area contributed by atoms with Crippen LogP contribution in [0.2, 0.25) is 0 Å².